The zero-order valence-corrected chi connectivity index (χ0v) is 12.6. The maximum Gasteiger partial charge on any atom is 0.121 e. The third kappa shape index (κ3) is 3.78. The van der Waals surface area contributed by atoms with Crippen LogP contribution in [0.3, 0.4) is 0 Å². The molecular weight excluding hydrogens is 258 g/mol. The van der Waals surface area contributed by atoms with Crippen molar-refractivity contribution in [3.05, 3.63) is 60.2 Å². The van der Waals surface area contributed by atoms with Crippen molar-refractivity contribution in [1.29, 1.82) is 0 Å². The number of ether oxygens (including phenoxy) is 1. The van der Waals surface area contributed by atoms with Crippen molar-refractivity contribution >= 4 is 5.69 Å². The van der Waals surface area contributed by atoms with E-state index in [4.69, 9.17) is 4.74 Å². The maximum absolute atomic E-state index is 5.72. The van der Waals surface area contributed by atoms with E-state index in [0.29, 0.717) is 6.04 Å². The molecule has 2 aromatic carbocycles. The van der Waals surface area contributed by atoms with Gasteiger partial charge in [-0.1, -0.05) is 43.3 Å². The molecule has 1 aliphatic carbocycles. The molecule has 1 atom stereocenters. The van der Waals surface area contributed by atoms with Crippen molar-refractivity contribution < 1.29 is 4.74 Å². The van der Waals surface area contributed by atoms with E-state index < -0.39 is 0 Å². The zero-order valence-electron chi connectivity index (χ0n) is 12.6. The Kier molecular flexibility index (Phi) is 4.44. The summed E-state index contributed by atoms with van der Waals surface area (Å²) >= 11 is 0. The van der Waals surface area contributed by atoms with Gasteiger partial charge in [-0.25, -0.2) is 0 Å². The molecule has 0 bridgehead atoms. The van der Waals surface area contributed by atoms with E-state index in [9.17, 15) is 0 Å². The number of anilines is 1. The standard InChI is InChI=1S/C19H23NO/c1-2-13-21-18-10-6-9-17(14-18)20-19(16-11-12-16)15-7-4-3-5-8-15/h3-10,14,16,19-20H,2,11-13H2,1H3. The number of rotatable bonds is 7. The summed E-state index contributed by atoms with van der Waals surface area (Å²) < 4.78 is 5.72. The van der Waals surface area contributed by atoms with Gasteiger partial charge in [-0.15, -0.1) is 0 Å². The van der Waals surface area contributed by atoms with Crippen molar-refractivity contribution in [2.24, 2.45) is 5.92 Å². The molecule has 1 saturated carbocycles. The average molecular weight is 281 g/mol. The van der Waals surface area contributed by atoms with Gasteiger partial charge < -0.3 is 10.1 Å². The van der Waals surface area contributed by atoms with Crippen LogP contribution in [0.25, 0.3) is 0 Å². The highest BCUT2D eigenvalue weighted by atomic mass is 16.5. The minimum atomic E-state index is 0.410. The van der Waals surface area contributed by atoms with E-state index in [1.165, 1.54) is 18.4 Å². The molecule has 0 spiro atoms. The number of benzene rings is 2. The van der Waals surface area contributed by atoms with Crippen LogP contribution >= 0.6 is 0 Å². The molecule has 1 N–H and O–H groups in total. The lowest BCUT2D eigenvalue weighted by Crippen LogP contribution is -2.12. The number of hydrogen-bond donors (Lipinski definition) is 1. The van der Waals surface area contributed by atoms with Gasteiger partial charge in [0, 0.05) is 11.8 Å². The third-order valence-corrected chi connectivity index (χ3v) is 3.88. The van der Waals surface area contributed by atoms with Gasteiger partial charge in [0.25, 0.3) is 0 Å². The lowest BCUT2D eigenvalue weighted by molar-refractivity contribution is 0.317. The van der Waals surface area contributed by atoms with Crippen molar-refractivity contribution in [3.8, 4) is 5.75 Å². The SMILES string of the molecule is CCCOc1cccc(NC(c2ccccc2)C2CC2)c1. The summed E-state index contributed by atoms with van der Waals surface area (Å²) in [7, 11) is 0. The molecule has 0 aliphatic heterocycles. The fraction of sp³-hybridized carbons (Fsp3) is 0.368. The Bertz CT molecular complexity index is 563. The molecule has 2 aromatic rings. The molecule has 0 radical (unpaired) electrons. The van der Waals surface area contributed by atoms with Gasteiger partial charge in [0.05, 0.1) is 12.6 Å². The molecule has 21 heavy (non-hydrogen) atoms. The summed E-state index contributed by atoms with van der Waals surface area (Å²) in [6, 6.07) is 19.5. The van der Waals surface area contributed by atoms with E-state index in [1.807, 2.05) is 6.07 Å². The molecule has 1 aliphatic rings. The number of hydrogen-bond acceptors (Lipinski definition) is 2. The van der Waals surface area contributed by atoms with Gasteiger partial charge in [-0.05, 0) is 42.9 Å². The van der Waals surface area contributed by atoms with Gasteiger partial charge in [0.2, 0.25) is 0 Å². The fourth-order valence-electron chi connectivity index (χ4n) is 2.64. The summed E-state index contributed by atoms with van der Waals surface area (Å²) in [5, 5.41) is 3.69. The molecule has 1 unspecified atom stereocenters. The monoisotopic (exact) mass is 281 g/mol. The van der Waals surface area contributed by atoms with Gasteiger partial charge in [0.15, 0.2) is 0 Å². The molecule has 0 saturated heterocycles. The predicted molar refractivity (Wildman–Crippen MR) is 87.8 cm³/mol. The largest absolute Gasteiger partial charge is 0.494 e. The maximum atomic E-state index is 5.72. The molecule has 0 heterocycles. The second kappa shape index (κ2) is 6.66. The zero-order chi connectivity index (χ0) is 14.5. The van der Waals surface area contributed by atoms with Crippen LogP contribution in [0.15, 0.2) is 54.6 Å². The van der Waals surface area contributed by atoms with E-state index >= 15 is 0 Å². The van der Waals surface area contributed by atoms with Crippen molar-refractivity contribution in [3.63, 3.8) is 0 Å². The second-order valence-corrected chi connectivity index (χ2v) is 5.75. The highest BCUT2D eigenvalue weighted by Gasteiger charge is 2.32. The Morgan fingerprint density at radius 3 is 2.62 bits per heavy atom. The minimum absolute atomic E-state index is 0.410. The van der Waals surface area contributed by atoms with Crippen LogP contribution in [-0.2, 0) is 0 Å². The van der Waals surface area contributed by atoms with E-state index in [0.717, 1.165) is 30.4 Å². The van der Waals surface area contributed by atoms with Crippen LogP contribution < -0.4 is 10.1 Å². The van der Waals surface area contributed by atoms with Crippen molar-refractivity contribution in [2.45, 2.75) is 32.2 Å². The lowest BCUT2D eigenvalue weighted by Gasteiger charge is -2.20. The van der Waals surface area contributed by atoms with Gasteiger partial charge >= 0.3 is 0 Å². The minimum Gasteiger partial charge on any atom is -0.494 e. The summed E-state index contributed by atoms with van der Waals surface area (Å²) in [5.41, 5.74) is 2.52. The van der Waals surface area contributed by atoms with Crippen LogP contribution in [0.2, 0.25) is 0 Å². The van der Waals surface area contributed by atoms with Gasteiger partial charge in [0.1, 0.15) is 5.75 Å². The summed E-state index contributed by atoms with van der Waals surface area (Å²) in [6.45, 7) is 2.90. The first-order chi connectivity index (χ1) is 10.4. The first-order valence-corrected chi connectivity index (χ1v) is 7.91. The van der Waals surface area contributed by atoms with Crippen LogP contribution in [-0.4, -0.2) is 6.61 Å². The third-order valence-electron chi connectivity index (χ3n) is 3.88. The average Bonchev–Trinajstić information content (AvgIpc) is 3.37. The Hall–Kier alpha value is -1.96. The Balaban J connectivity index is 1.74. The molecule has 110 valence electrons. The predicted octanol–water partition coefficient (Wildman–Crippen LogP) is 5.04. The summed E-state index contributed by atoms with van der Waals surface area (Å²) in [4.78, 5) is 0. The van der Waals surface area contributed by atoms with Gasteiger partial charge in [-0.3, -0.25) is 0 Å². The molecular formula is C19H23NO. The molecule has 2 nitrogen and oxygen atoms in total. The van der Waals surface area contributed by atoms with E-state index in [-0.39, 0.29) is 0 Å². The van der Waals surface area contributed by atoms with Crippen molar-refractivity contribution in [1.82, 2.24) is 0 Å². The molecule has 3 rings (SSSR count). The first-order valence-electron chi connectivity index (χ1n) is 7.91. The topological polar surface area (TPSA) is 21.3 Å². The molecule has 0 amide bonds. The van der Waals surface area contributed by atoms with Crippen LogP contribution in [0.4, 0.5) is 5.69 Å². The fourth-order valence-corrected chi connectivity index (χ4v) is 2.64. The summed E-state index contributed by atoms with van der Waals surface area (Å²) in [5.74, 6) is 1.71. The normalized spacial score (nSPS) is 15.5. The molecule has 2 heteroatoms. The van der Waals surface area contributed by atoms with E-state index in [1.54, 1.807) is 0 Å². The van der Waals surface area contributed by atoms with Crippen molar-refractivity contribution in [2.75, 3.05) is 11.9 Å². The highest BCUT2D eigenvalue weighted by Crippen LogP contribution is 2.43. The smallest absolute Gasteiger partial charge is 0.121 e. The second-order valence-electron chi connectivity index (χ2n) is 5.75. The van der Waals surface area contributed by atoms with Crippen LogP contribution in [0, 0.1) is 5.92 Å². The molecule has 0 aromatic heterocycles. The summed E-state index contributed by atoms with van der Waals surface area (Å²) in [6.07, 6.45) is 3.67. The highest BCUT2D eigenvalue weighted by molar-refractivity contribution is 5.50. The van der Waals surface area contributed by atoms with E-state index in [2.05, 4.69) is 60.8 Å². The Morgan fingerprint density at radius 2 is 1.90 bits per heavy atom. The Labute approximate surface area is 127 Å². The van der Waals surface area contributed by atoms with Crippen LogP contribution in [0.5, 0.6) is 5.75 Å². The first kappa shape index (κ1) is 14.0. The number of nitrogens with one attached hydrogen (secondary N) is 1. The van der Waals surface area contributed by atoms with Crippen LogP contribution in [0.1, 0.15) is 37.8 Å². The lowest BCUT2D eigenvalue weighted by atomic mass is 10.0. The van der Waals surface area contributed by atoms with Gasteiger partial charge in [-0.2, -0.15) is 0 Å². The quantitative estimate of drug-likeness (QED) is 0.767. The Morgan fingerprint density at radius 1 is 1.10 bits per heavy atom. The molecule has 1 fully saturated rings.